The van der Waals surface area contributed by atoms with Crippen molar-refractivity contribution in [2.45, 2.75) is 59.8 Å². The number of hydrogen-bond donors (Lipinski definition) is 0. The van der Waals surface area contributed by atoms with E-state index in [1.807, 2.05) is 0 Å². The molecule has 112 valence electrons. The third-order valence-electron chi connectivity index (χ3n) is 3.36. The van der Waals surface area contributed by atoms with Crippen LogP contribution in [0.25, 0.3) is 0 Å². The first kappa shape index (κ1) is 17.9. The molecule has 0 heterocycles. The molecule has 0 aliphatic carbocycles. The lowest BCUT2D eigenvalue weighted by Crippen LogP contribution is -2.35. The lowest BCUT2D eigenvalue weighted by atomic mass is 9.98. The molecule has 0 aliphatic heterocycles. The summed E-state index contributed by atoms with van der Waals surface area (Å²) in [6.45, 7) is 9.31. The van der Waals surface area contributed by atoms with Gasteiger partial charge in [-0.25, -0.2) is 0 Å². The molecule has 4 heteroatoms. The molecular formula is C15H29NO3. The average molecular weight is 271 g/mol. The highest BCUT2D eigenvalue weighted by molar-refractivity contribution is 5.75. The molecule has 0 aliphatic rings. The monoisotopic (exact) mass is 271 g/mol. The Bertz CT molecular complexity index is 266. The number of carbonyl (C=O) groups is 2. The maximum Gasteiger partial charge on any atom is 0.307 e. The van der Waals surface area contributed by atoms with E-state index in [0.29, 0.717) is 19.1 Å². The predicted octanol–water partition coefficient (Wildman–Crippen LogP) is 3.00. The molecule has 0 saturated carbocycles. The van der Waals surface area contributed by atoms with Gasteiger partial charge in [-0.2, -0.15) is 0 Å². The average Bonchev–Trinajstić information content (AvgIpc) is 2.38. The van der Waals surface area contributed by atoms with Gasteiger partial charge in [-0.3, -0.25) is 9.59 Å². The quantitative estimate of drug-likeness (QED) is 0.574. The van der Waals surface area contributed by atoms with Crippen molar-refractivity contribution >= 4 is 11.9 Å². The normalized spacial score (nSPS) is 12.0. The zero-order valence-electron chi connectivity index (χ0n) is 12.9. The molecule has 1 atom stereocenters. The lowest BCUT2D eigenvalue weighted by Gasteiger charge is -2.26. The largest absolute Gasteiger partial charge is 0.466 e. The Morgan fingerprint density at radius 2 is 1.89 bits per heavy atom. The van der Waals surface area contributed by atoms with Gasteiger partial charge in [0.15, 0.2) is 0 Å². The van der Waals surface area contributed by atoms with Gasteiger partial charge in [0.05, 0.1) is 13.0 Å². The molecule has 4 nitrogen and oxygen atoms in total. The zero-order valence-corrected chi connectivity index (χ0v) is 12.9. The summed E-state index contributed by atoms with van der Waals surface area (Å²) in [6, 6.07) is 0. The van der Waals surface area contributed by atoms with Crippen LogP contribution in [0.2, 0.25) is 0 Å². The van der Waals surface area contributed by atoms with Gasteiger partial charge in [0.1, 0.15) is 0 Å². The number of carbonyl (C=O) groups excluding carboxylic acids is 2. The van der Waals surface area contributed by atoms with E-state index in [4.69, 9.17) is 4.74 Å². The highest BCUT2D eigenvalue weighted by Gasteiger charge is 2.16. The van der Waals surface area contributed by atoms with E-state index in [1.165, 1.54) is 12.8 Å². The van der Waals surface area contributed by atoms with Gasteiger partial charge in [0.25, 0.3) is 0 Å². The maximum atomic E-state index is 11.6. The lowest BCUT2D eigenvalue weighted by molar-refractivity contribution is -0.144. The van der Waals surface area contributed by atoms with Gasteiger partial charge in [0.2, 0.25) is 5.91 Å². The van der Waals surface area contributed by atoms with E-state index in [9.17, 15) is 9.59 Å². The fourth-order valence-corrected chi connectivity index (χ4v) is 2.07. The summed E-state index contributed by atoms with van der Waals surface area (Å²) in [5, 5.41) is 0. The molecule has 0 bridgehead atoms. The minimum atomic E-state index is -0.227. The Balaban J connectivity index is 4.23. The fourth-order valence-electron chi connectivity index (χ4n) is 2.07. The van der Waals surface area contributed by atoms with E-state index < -0.39 is 0 Å². The number of amides is 1. The molecule has 0 aromatic heterocycles. The molecule has 19 heavy (non-hydrogen) atoms. The summed E-state index contributed by atoms with van der Waals surface area (Å²) in [5.74, 6) is 0.348. The summed E-state index contributed by atoms with van der Waals surface area (Å²) < 4.78 is 4.89. The molecule has 0 radical (unpaired) electrons. The molecule has 0 rings (SSSR count). The summed E-state index contributed by atoms with van der Waals surface area (Å²) in [5.41, 5.74) is 0. The van der Waals surface area contributed by atoms with Crippen LogP contribution in [-0.2, 0) is 14.3 Å². The highest BCUT2D eigenvalue weighted by atomic mass is 16.5. The van der Waals surface area contributed by atoms with E-state index in [0.717, 1.165) is 19.4 Å². The van der Waals surface area contributed by atoms with E-state index in [2.05, 4.69) is 13.8 Å². The number of rotatable bonds is 10. The van der Waals surface area contributed by atoms with E-state index in [-0.39, 0.29) is 18.3 Å². The zero-order chi connectivity index (χ0) is 14.7. The van der Waals surface area contributed by atoms with Crippen molar-refractivity contribution in [2.75, 3.05) is 19.7 Å². The first-order chi connectivity index (χ1) is 9.04. The third kappa shape index (κ3) is 8.62. The van der Waals surface area contributed by atoms with Crippen molar-refractivity contribution in [3.63, 3.8) is 0 Å². The van der Waals surface area contributed by atoms with Crippen LogP contribution >= 0.6 is 0 Å². The smallest absolute Gasteiger partial charge is 0.307 e. The van der Waals surface area contributed by atoms with Crippen LogP contribution in [-0.4, -0.2) is 36.5 Å². The van der Waals surface area contributed by atoms with Crippen molar-refractivity contribution in [1.29, 1.82) is 0 Å². The second kappa shape index (κ2) is 10.8. The maximum absolute atomic E-state index is 11.6. The molecule has 0 aromatic carbocycles. The van der Waals surface area contributed by atoms with Crippen molar-refractivity contribution in [1.82, 2.24) is 4.90 Å². The molecule has 1 amide bonds. The first-order valence-corrected chi connectivity index (χ1v) is 7.46. The molecule has 0 saturated heterocycles. The summed E-state index contributed by atoms with van der Waals surface area (Å²) in [4.78, 5) is 24.7. The Morgan fingerprint density at radius 3 is 2.37 bits per heavy atom. The Hall–Kier alpha value is -1.06. The Labute approximate surface area is 117 Å². The first-order valence-electron chi connectivity index (χ1n) is 7.46. The van der Waals surface area contributed by atoms with Crippen molar-refractivity contribution < 1.29 is 14.3 Å². The van der Waals surface area contributed by atoms with Gasteiger partial charge in [-0.05, 0) is 19.3 Å². The number of unbranched alkanes of at least 4 members (excludes halogenated alkanes) is 1. The van der Waals surface area contributed by atoms with Crippen molar-refractivity contribution in [3.8, 4) is 0 Å². The van der Waals surface area contributed by atoms with E-state index in [1.54, 1.807) is 18.7 Å². The van der Waals surface area contributed by atoms with Gasteiger partial charge in [-0.15, -0.1) is 0 Å². The Morgan fingerprint density at radius 1 is 1.21 bits per heavy atom. The Kier molecular flexibility index (Phi) is 10.2. The SMILES string of the molecule is CCCCC(CC)CN(CCC(=O)OCC)C(C)=O. The summed E-state index contributed by atoms with van der Waals surface area (Å²) in [6.07, 6.45) is 4.89. The van der Waals surface area contributed by atoms with Crippen LogP contribution in [0.4, 0.5) is 0 Å². The molecule has 0 fully saturated rings. The minimum Gasteiger partial charge on any atom is -0.466 e. The van der Waals surface area contributed by atoms with Crippen molar-refractivity contribution in [2.24, 2.45) is 5.92 Å². The molecular weight excluding hydrogens is 242 g/mol. The highest BCUT2D eigenvalue weighted by Crippen LogP contribution is 2.14. The van der Waals surface area contributed by atoms with Gasteiger partial charge in [0, 0.05) is 20.0 Å². The number of ether oxygens (including phenoxy) is 1. The summed E-state index contributed by atoms with van der Waals surface area (Å²) >= 11 is 0. The molecule has 0 aromatic rings. The van der Waals surface area contributed by atoms with E-state index >= 15 is 0 Å². The number of esters is 1. The fraction of sp³-hybridized carbons (Fsp3) is 0.867. The van der Waals surface area contributed by atoms with Gasteiger partial charge >= 0.3 is 5.97 Å². The van der Waals surface area contributed by atoms with Crippen LogP contribution in [0.5, 0.6) is 0 Å². The number of hydrogen-bond acceptors (Lipinski definition) is 3. The van der Waals surface area contributed by atoms with Crippen LogP contribution in [0.15, 0.2) is 0 Å². The number of nitrogens with zero attached hydrogens (tertiary/aromatic N) is 1. The van der Waals surface area contributed by atoms with Crippen LogP contribution in [0.1, 0.15) is 59.8 Å². The predicted molar refractivity (Wildman–Crippen MR) is 76.8 cm³/mol. The minimum absolute atomic E-state index is 0.0410. The molecule has 1 unspecified atom stereocenters. The second-order valence-electron chi connectivity index (χ2n) is 4.94. The third-order valence-corrected chi connectivity index (χ3v) is 3.36. The van der Waals surface area contributed by atoms with Gasteiger partial charge in [-0.1, -0.05) is 33.1 Å². The standard InChI is InChI=1S/C15H29NO3/c1-5-8-9-14(6-2)12-16(13(4)17)11-10-15(18)19-7-3/h14H,5-12H2,1-4H3. The van der Waals surface area contributed by atoms with Crippen LogP contribution < -0.4 is 0 Å². The van der Waals surface area contributed by atoms with Crippen LogP contribution in [0, 0.1) is 5.92 Å². The second-order valence-corrected chi connectivity index (χ2v) is 4.94. The topological polar surface area (TPSA) is 46.6 Å². The molecule has 0 N–H and O–H groups in total. The van der Waals surface area contributed by atoms with Crippen LogP contribution in [0.3, 0.4) is 0 Å². The van der Waals surface area contributed by atoms with Crippen molar-refractivity contribution in [3.05, 3.63) is 0 Å². The van der Waals surface area contributed by atoms with Gasteiger partial charge < -0.3 is 9.64 Å². The summed E-state index contributed by atoms with van der Waals surface area (Å²) in [7, 11) is 0. The molecule has 0 spiro atoms.